The van der Waals surface area contributed by atoms with E-state index in [1.165, 1.54) is 16.7 Å². The number of aliphatic hydroxyl groups excluding tert-OH is 1. The Hall–Kier alpha value is -1.55. The molecule has 1 aliphatic heterocycles. The minimum atomic E-state index is -0.268. The van der Waals surface area contributed by atoms with Gasteiger partial charge >= 0.3 is 6.09 Å². The van der Waals surface area contributed by atoms with Gasteiger partial charge in [-0.05, 0) is 61.1 Å². The summed E-state index contributed by atoms with van der Waals surface area (Å²) in [4.78, 5) is 11.3. The van der Waals surface area contributed by atoms with Gasteiger partial charge in [-0.25, -0.2) is 4.79 Å². The molecule has 112 valence electrons. The molecule has 1 saturated heterocycles. The van der Waals surface area contributed by atoms with Crippen LogP contribution in [0, 0.1) is 0 Å². The SMILES string of the molecule is O=C1N[C@@]2(CC[C@H](c3ccc4c(c3)CC[C@H](O)C4)C2)CO1. The fraction of sp³-hybridized carbons (Fsp3) is 0.588. The second-order valence-electron chi connectivity index (χ2n) is 6.85. The predicted molar refractivity (Wildman–Crippen MR) is 78.3 cm³/mol. The molecule has 0 unspecified atom stereocenters. The second-order valence-corrected chi connectivity index (χ2v) is 6.85. The quantitative estimate of drug-likeness (QED) is 0.833. The minimum absolute atomic E-state index is 0.131. The van der Waals surface area contributed by atoms with Crippen LogP contribution in [-0.2, 0) is 17.6 Å². The Balaban J connectivity index is 1.54. The van der Waals surface area contributed by atoms with Gasteiger partial charge in [-0.1, -0.05) is 18.2 Å². The standard InChI is InChI=1S/C17H21NO3/c19-15-4-3-11-7-12(1-2-13(11)8-15)14-5-6-17(9-14)10-21-16(20)18-17/h1-2,7,14-15,19H,3-6,8-10H2,(H,18,20)/t14-,15-,17+/m0/s1. The van der Waals surface area contributed by atoms with Crippen LogP contribution >= 0.6 is 0 Å². The Labute approximate surface area is 124 Å². The highest BCUT2D eigenvalue weighted by Crippen LogP contribution is 2.43. The number of rotatable bonds is 1. The van der Waals surface area contributed by atoms with Gasteiger partial charge in [0.05, 0.1) is 11.6 Å². The fourth-order valence-electron chi connectivity index (χ4n) is 4.16. The predicted octanol–water partition coefficient (Wildman–Crippen LogP) is 2.28. The van der Waals surface area contributed by atoms with E-state index >= 15 is 0 Å². The number of carbonyl (C=O) groups excluding carboxylic acids is 1. The van der Waals surface area contributed by atoms with Crippen molar-refractivity contribution in [1.82, 2.24) is 5.32 Å². The Kier molecular flexibility index (Phi) is 2.96. The molecule has 4 heteroatoms. The van der Waals surface area contributed by atoms with Crippen molar-refractivity contribution in [2.75, 3.05) is 6.61 Å². The molecule has 3 atom stereocenters. The van der Waals surface area contributed by atoms with Crippen LogP contribution in [0.2, 0.25) is 0 Å². The van der Waals surface area contributed by atoms with E-state index < -0.39 is 0 Å². The maximum absolute atomic E-state index is 11.3. The zero-order valence-corrected chi connectivity index (χ0v) is 12.1. The molecule has 1 aromatic carbocycles. The molecule has 1 aromatic rings. The molecule has 0 aromatic heterocycles. The summed E-state index contributed by atoms with van der Waals surface area (Å²) in [6, 6.07) is 6.71. The third-order valence-electron chi connectivity index (χ3n) is 5.36. The number of benzene rings is 1. The van der Waals surface area contributed by atoms with Gasteiger partial charge in [0.2, 0.25) is 0 Å². The lowest BCUT2D eigenvalue weighted by Gasteiger charge is -2.23. The molecular formula is C17H21NO3. The number of hydrogen-bond donors (Lipinski definition) is 2. The zero-order chi connectivity index (χ0) is 14.4. The molecule has 21 heavy (non-hydrogen) atoms. The van der Waals surface area contributed by atoms with E-state index in [0.29, 0.717) is 12.5 Å². The first-order chi connectivity index (χ1) is 10.1. The topological polar surface area (TPSA) is 58.6 Å². The van der Waals surface area contributed by atoms with E-state index in [2.05, 4.69) is 23.5 Å². The summed E-state index contributed by atoms with van der Waals surface area (Å²) in [5.41, 5.74) is 3.93. The summed E-state index contributed by atoms with van der Waals surface area (Å²) in [6.45, 7) is 0.513. The molecule has 4 rings (SSSR count). The number of ether oxygens (including phenoxy) is 1. The number of hydrogen-bond acceptors (Lipinski definition) is 3. The number of carbonyl (C=O) groups is 1. The van der Waals surface area contributed by atoms with E-state index in [-0.39, 0.29) is 17.7 Å². The molecule has 1 spiro atoms. The van der Waals surface area contributed by atoms with Crippen molar-refractivity contribution in [2.24, 2.45) is 0 Å². The van der Waals surface area contributed by atoms with Crippen LogP contribution in [0.3, 0.4) is 0 Å². The Bertz CT molecular complexity index is 585. The van der Waals surface area contributed by atoms with Crippen molar-refractivity contribution in [3.8, 4) is 0 Å². The summed E-state index contributed by atoms with van der Waals surface area (Å²) in [5.74, 6) is 0.504. The Morgan fingerprint density at radius 1 is 1.29 bits per heavy atom. The van der Waals surface area contributed by atoms with E-state index in [0.717, 1.165) is 38.5 Å². The maximum Gasteiger partial charge on any atom is 0.407 e. The van der Waals surface area contributed by atoms with Crippen molar-refractivity contribution in [3.63, 3.8) is 0 Å². The lowest BCUT2D eigenvalue weighted by molar-refractivity contribution is 0.158. The Morgan fingerprint density at radius 2 is 2.19 bits per heavy atom. The van der Waals surface area contributed by atoms with E-state index in [1.807, 2.05) is 0 Å². The van der Waals surface area contributed by atoms with Gasteiger partial charge in [-0.2, -0.15) is 0 Å². The number of alkyl carbamates (subject to hydrolysis) is 1. The van der Waals surface area contributed by atoms with Gasteiger partial charge in [0.15, 0.2) is 0 Å². The van der Waals surface area contributed by atoms with Crippen molar-refractivity contribution >= 4 is 6.09 Å². The van der Waals surface area contributed by atoms with Crippen LogP contribution in [0.15, 0.2) is 18.2 Å². The van der Waals surface area contributed by atoms with Gasteiger partial charge in [0, 0.05) is 0 Å². The third kappa shape index (κ3) is 2.31. The summed E-state index contributed by atoms with van der Waals surface area (Å²) >= 11 is 0. The number of aryl methyl sites for hydroxylation is 1. The fourth-order valence-corrected chi connectivity index (χ4v) is 4.16. The summed E-state index contributed by atoms with van der Waals surface area (Å²) in [5, 5.41) is 12.7. The smallest absolute Gasteiger partial charge is 0.407 e. The van der Waals surface area contributed by atoms with E-state index in [1.54, 1.807) is 0 Å². The molecule has 0 bridgehead atoms. The molecule has 1 heterocycles. The number of amides is 1. The van der Waals surface area contributed by atoms with Gasteiger partial charge < -0.3 is 15.2 Å². The van der Waals surface area contributed by atoms with Gasteiger partial charge in [-0.15, -0.1) is 0 Å². The van der Waals surface area contributed by atoms with Crippen molar-refractivity contribution in [2.45, 2.75) is 56.1 Å². The van der Waals surface area contributed by atoms with E-state index in [9.17, 15) is 9.90 Å². The minimum Gasteiger partial charge on any atom is -0.447 e. The summed E-state index contributed by atoms with van der Waals surface area (Å²) < 4.78 is 5.10. The van der Waals surface area contributed by atoms with Gasteiger partial charge in [0.25, 0.3) is 0 Å². The second kappa shape index (κ2) is 4.73. The highest BCUT2D eigenvalue weighted by molar-refractivity contribution is 5.70. The first kappa shape index (κ1) is 13.1. The summed E-state index contributed by atoms with van der Waals surface area (Å²) in [7, 11) is 0. The molecule has 2 aliphatic carbocycles. The largest absolute Gasteiger partial charge is 0.447 e. The third-order valence-corrected chi connectivity index (χ3v) is 5.36. The van der Waals surface area contributed by atoms with Crippen LogP contribution in [0.5, 0.6) is 0 Å². The maximum atomic E-state index is 11.3. The summed E-state index contributed by atoms with van der Waals surface area (Å²) in [6.07, 6.45) is 5.26. The van der Waals surface area contributed by atoms with Crippen LogP contribution < -0.4 is 5.32 Å². The average molecular weight is 287 g/mol. The van der Waals surface area contributed by atoms with Gasteiger partial charge in [0.1, 0.15) is 6.61 Å². The van der Waals surface area contributed by atoms with Crippen molar-refractivity contribution in [3.05, 3.63) is 34.9 Å². The number of fused-ring (bicyclic) bond motifs is 1. The van der Waals surface area contributed by atoms with Crippen LogP contribution in [-0.4, -0.2) is 29.4 Å². The van der Waals surface area contributed by atoms with Crippen LogP contribution in [0.25, 0.3) is 0 Å². The first-order valence-electron chi connectivity index (χ1n) is 7.88. The molecule has 2 fully saturated rings. The van der Waals surface area contributed by atoms with Crippen LogP contribution in [0.4, 0.5) is 4.79 Å². The molecule has 1 saturated carbocycles. The highest BCUT2D eigenvalue weighted by atomic mass is 16.6. The zero-order valence-electron chi connectivity index (χ0n) is 12.1. The number of aliphatic hydroxyl groups is 1. The van der Waals surface area contributed by atoms with E-state index in [4.69, 9.17) is 4.74 Å². The van der Waals surface area contributed by atoms with Crippen LogP contribution in [0.1, 0.15) is 48.3 Å². The molecule has 0 radical (unpaired) electrons. The normalized spacial score (nSPS) is 34.6. The average Bonchev–Trinajstić information content (AvgIpc) is 3.05. The lowest BCUT2D eigenvalue weighted by Crippen LogP contribution is -2.40. The lowest BCUT2D eigenvalue weighted by atomic mass is 9.85. The molecule has 2 N–H and O–H groups in total. The highest BCUT2D eigenvalue weighted by Gasteiger charge is 2.45. The molecule has 1 amide bonds. The number of cyclic esters (lactones) is 1. The number of nitrogens with one attached hydrogen (secondary N) is 1. The molecule has 3 aliphatic rings. The molecule has 4 nitrogen and oxygen atoms in total. The van der Waals surface area contributed by atoms with Gasteiger partial charge in [-0.3, -0.25) is 0 Å². The Morgan fingerprint density at radius 3 is 3.00 bits per heavy atom. The van der Waals surface area contributed by atoms with Crippen molar-refractivity contribution < 1.29 is 14.6 Å². The monoisotopic (exact) mass is 287 g/mol. The first-order valence-corrected chi connectivity index (χ1v) is 7.88. The molecular weight excluding hydrogens is 266 g/mol. The van der Waals surface area contributed by atoms with Crippen molar-refractivity contribution in [1.29, 1.82) is 0 Å².